The Morgan fingerprint density at radius 2 is 1.78 bits per heavy atom. The fourth-order valence-corrected chi connectivity index (χ4v) is 1.35. The molecule has 0 aliphatic carbocycles. The van der Waals surface area contributed by atoms with Crippen LogP contribution in [0.3, 0.4) is 0 Å². The molecule has 0 bridgehead atoms. The molecular formula is C16H30N2O5. The Hall–Kier alpha value is -1.70. The van der Waals surface area contributed by atoms with Crippen LogP contribution in [0.1, 0.15) is 45.1 Å². The number of carbonyl (C=O) groups is 2. The van der Waals surface area contributed by atoms with E-state index in [0.717, 1.165) is 6.29 Å². The zero-order valence-corrected chi connectivity index (χ0v) is 14.7. The summed E-state index contributed by atoms with van der Waals surface area (Å²) in [6.07, 6.45) is 1.77. The van der Waals surface area contributed by atoms with E-state index in [1.165, 1.54) is 0 Å². The molecule has 1 aromatic rings. The number of H-pyrrole nitrogens is 1. The zero-order valence-electron chi connectivity index (χ0n) is 14.7. The maximum Gasteiger partial charge on any atom is 0.328 e. The maximum absolute atomic E-state index is 11.2. The summed E-state index contributed by atoms with van der Waals surface area (Å²) >= 11 is 0. The average molecular weight is 330 g/mol. The molecule has 0 aliphatic heterocycles. The summed E-state index contributed by atoms with van der Waals surface area (Å²) in [6, 6.07) is 2.62. The number of nitrogens with two attached hydrogens (primary N) is 1. The molecule has 1 atom stereocenters. The predicted molar refractivity (Wildman–Crippen MR) is 89.2 cm³/mol. The van der Waals surface area contributed by atoms with Gasteiger partial charge in [0.1, 0.15) is 0 Å². The molecule has 7 heteroatoms. The number of esters is 1. The molecule has 0 radical (unpaired) electrons. The van der Waals surface area contributed by atoms with Gasteiger partial charge in [0.25, 0.3) is 0 Å². The van der Waals surface area contributed by atoms with Gasteiger partial charge < -0.3 is 24.9 Å². The van der Waals surface area contributed by atoms with Crippen molar-refractivity contribution in [3.63, 3.8) is 0 Å². The highest BCUT2D eigenvalue weighted by atomic mass is 16.7. The first-order valence-corrected chi connectivity index (χ1v) is 7.84. The number of aldehydes is 1. The first kappa shape index (κ1) is 23.6. The minimum atomic E-state index is -0.880. The molecular weight excluding hydrogens is 300 g/mol. The number of rotatable bonds is 8. The van der Waals surface area contributed by atoms with E-state index < -0.39 is 18.3 Å². The Morgan fingerprint density at radius 3 is 2.09 bits per heavy atom. The van der Waals surface area contributed by atoms with Crippen LogP contribution in [0.4, 0.5) is 0 Å². The van der Waals surface area contributed by atoms with Crippen LogP contribution in [-0.2, 0) is 19.0 Å². The molecule has 134 valence electrons. The second kappa shape index (κ2) is 16.7. The molecule has 0 spiro atoms. The Balaban J connectivity index is 0. The van der Waals surface area contributed by atoms with Crippen molar-refractivity contribution in [3.05, 3.63) is 24.0 Å². The third-order valence-electron chi connectivity index (χ3n) is 2.26. The molecule has 3 N–H and O–H groups in total. The van der Waals surface area contributed by atoms with E-state index in [-0.39, 0.29) is 0 Å². The second-order valence-electron chi connectivity index (χ2n) is 3.80. The molecule has 0 fully saturated rings. The van der Waals surface area contributed by atoms with Gasteiger partial charge in [0, 0.05) is 19.4 Å². The highest BCUT2D eigenvalue weighted by molar-refractivity contribution is 5.76. The van der Waals surface area contributed by atoms with E-state index in [9.17, 15) is 9.59 Å². The third kappa shape index (κ3) is 11.5. The van der Waals surface area contributed by atoms with Crippen LogP contribution in [0.25, 0.3) is 0 Å². The highest BCUT2D eigenvalue weighted by Crippen LogP contribution is 2.02. The number of carbonyl (C=O) groups excluding carboxylic acids is 2. The number of hydrogen-bond donors (Lipinski definition) is 2. The first-order valence-electron chi connectivity index (χ1n) is 7.84. The van der Waals surface area contributed by atoms with Gasteiger partial charge in [0.2, 0.25) is 0 Å². The first-order chi connectivity index (χ1) is 11.1. The van der Waals surface area contributed by atoms with Crippen molar-refractivity contribution in [1.29, 1.82) is 0 Å². The van der Waals surface area contributed by atoms with Gasteiger partial charge in [-0.1, -0.05) is 13.8 Å². The number of hydrogen-bond acceptors (Lipinski definition) is 6. The Bertz CT molecular complexity index is 376. The molecule has 1 aromatic heterocycles. The zero-order chi connectivity index (χ0) is 18.1. The topological polar surface area (TPSA) is 104 Å². The van der Waals surface area contributed by atoms with E-state index in [4.69, 9.17) is 19.9 Å². The van der Waals surface area contributed by atoms with Crippen LogP contribution < -0.4 is 5.73 Å². The van der Waals surface area contributed by atoms with Gasteiger partial charge in [-0.05, 0) is 32.9 Å². The Labute approximate surface area is 138 Å². The van der Waals surface area contributed by atoms with E-state index in [1.807, 2.05) is 27.7 Å². The molecule has 0 saturated heterocycles. The van der Waals surface area contributed by atoms with Gasteiger partial charge in [-0.15, -0.1) is 0 Å². The van der Waals surface area contributed by atoms with Crippen molar-refractivity contribution >= 4 is 12.3 Å². The smallest absolute Gasteiger partial charge is 0.328 e. The highest BCUT2D eigenvalue weighted by Gasteiger charge is 2.26. The largest absolute Gasteiger partial charge is 0.465 e. The van der Waals surface area contributed by atoms with Crippen LogP contribution in [0.15, 0.2) is 18.3 Å². The summed E-state index contributed by atoms with van der Waals surface area (Å²) in [5.74, 6) is -0.501. The predicted octanol–water partition coefficient (Wildman–Crippen LogP) is 2.13. The lowest BCUT2D eigenvalue weighted by Crippen LogP contribution is -2.46. The molecule has 0 amide bonds. The molecule has 7 nitrogen and oxygen atoms in total. The minimum absolute atomic E-state index is 0.303. The SMILES string of the molecule is CC.CCOC(=O)C(N)C(OCC)OCC.O=Cc1ccc[nH]1. The van der Waals surface area contributed by atoms with Gasteiger partial charge in [-0.3, -0.25) is 9.59 Å². The van der Waals surface area contributed by atoms with Crippen LogP contribution in [0.5, 0.6) is 0 Å². The molecule has 1 heterocycles. The van der Waals surface area contributed by atoms with Crippen LogP contribution >= 0.6 is 0 Å². The number of aromatic nitrogens is 1. The van der Waals surface area contributed by atoms with Crippen LogP contribution in [0, 0.1) is 0 Å². The van der Waals surface area contributed by atoms with Crippen molar-refractivity contribution in [1.82, 2.24) is 4.98 Å². The lowest BCUT2D eigenvalue weighted by Gasteiger charge is -2.21. The van der Waals surface area contributed by atoms with Gasteiger partial charge in [-0.25, -0.2) is 0 Å². The summed E-state index contributed by atoms with van der Waals surface area (Å²) in [5.41, 5.74) is 6.22. The van der Waals surface area contributed by atoms with Gasteiger partial charge in [0.15, 0.2) is 18.6 Å². The fourth-order valence-electron chi connectivity index (χ4n) is 1.35. The van der Waals surface area contributed by atoms with Crippen molar-refractivity contribution in [2.45, 2.75) is 47.0 Å². The molecule has 1 rings (SSSR count). The molecule has 23 heavy (non-hydrogen) atoms. The molecule has 0 aromatic carbocycles. The second-order valence-corrected chi connectivity index (χ2v) is 3.80. The van der Waals surface area contributed by atoms with E-state index in [2.05, 4.69) is 4.98 Å². The number of aromatic amines is 1. The summed E-state index contributed by atoms with van der Waals surface area (Å²) in [5, 5.41) is 0. The molecule has 0 aliphatic rings. The van der Waals surface area contributed by atoms with E-state index in [0.29, 0.717) is 25.5 Å². The van der Waals surface area contributed by atoms with E-state index >= 15 is 0 Å². The lowest BCUT2D eigenvalue weighted by atomic mass is 10.3. The lowest BCUT2D eigenvalue weighted by molar-refractivity contribution is -0.174. The van der Waals surface area contributed by atoms with Crippen molar-refractivity contribution in [3.8, 4) is 0 Å². The standard InChI is InChI=1S/C9H19NO4.C5H5NO.C2H6/c1-4-12-8(11)7(10)9(13-5-2)14-6-3;7-4-5-2-1-3-6-5;1-2/h7,9H,4-6,10H2,1-3H3;1-4,6H;1-2H3. The normalized spacial score (nSPS) is 10.7. The van der Waals surface area contributed by atoms with Gasteiger partial charge in [-0.2, -0.15) is 0 Å². The maximum atomic E-state index is 11.2. The molecule has 1 unspecified atom stereocenters. The summed E-state index contributed by atoms with van der Waals surface area (Å²) in [7, 11) is 0. The summed E-state index contributed by atoms with van der Waals surface area (Å²) in [6.45, 7) is 10.5. The molecule has 0 saturated carbocycles. The minimum Gasteiger partial charge on any atom is -0.465 e. The summed E-state index contributed by atoms with van der Waals surface area (Å²) in [4.78, 5) is 23.8. The van der Waals surface area contributed by atoms with Gasteiger partial charge in [0.05, 0.1) is 12.3 Å². The Kier molecular flexibility index (Phi) is 17.1. The van der Waals surface area contributed by atoms with Crippen molar-refractivity contribution in [2.24, 2.45) is 5.73 Å². The summed E-state index contributed by atoms with van der Waals surface area (Å²) < 4.78 is 15.1. The van der Waals surface area contributed by atoms with Gasteiger partial charge >= 0.3 is 5.97 Å². The van der Waals surface area contributed by atoms with Crippen LogP contribution in [-0.4, -0.2) is 49.4 Å². The van der Waals surface area contributed by atoms with Crippen molar-refractivity contribution in [2.75, 3.05) is 19.8 Å². The van der Waals surface area contributed by atoms with E-state index in [1.54, 1.807) is 25.3 Å². The monoisotopic (exact) mass is 330 g/mol. The number of nitrogens with one attached hydrogen (secondary N) is 1. The van der Waals surface area contributed by atoms with Crippen LogP contribution in [0.2, 0.25) is 0 Å². The fraction of sp³-hybridized carbons (Fsp3) is 0.625. The third-order valence-corrected chi connectivity index (χ3v) is 2.26. The average Bonchev–Trinajstić information content (AvgIpc) is 3.10. The quantitative estimate of drug-likeness (QED) is 0.430. The van der Waals surface area contributed by atoms with Crippen molar-refractivity contribution < 1.29 is 23.8 Å². The Morgan fingerprint density at radius 1 is 1.22 bits per heavy atom. The number of ether oxygens (including phenoxy) is 3.